The number of fused-ring (bicyclic) bond motifs is 1. The van der Waals surface area contributed by atoms with Crippen molar-refractivity contribution in [3.8, 4) is 0 Å². The Morgan fingerprint density at radius 2 is 1.63 bits per heavy atom. The van der Waals surface area contributed by atoms with Crippen LogP contribution in [0.3, 0.4) is 0 Å². The van der Waals surface area contributed by atoms with Crippen molar-refractivity contribution in [3.05, 3.63) is 142 Å². The number of aromatic nitrogens is 1. The molecule has 0 fully saturated rings. The van der Waals surface area contributed by atoms with Gasteiger partial charge in [0, 0.05) is 41.5 Å². The summed E-state index contributed by atoms with van der Waals surface area (Å²) in [5, 5.41) is 2.86. The summed E-state index contributed by atoms with van der Waals surface area (Å²) in [4.78, 5) is 19.7. The summed E-state index contributed by atoms with van der Waals surface area (Å²) in [6.07, 6.45) is 6.37. The predicted molar refractivity (Wildman–Crippen MR) is 173 cm³/mol. The zero-order valence-electron chi connectivity index (χ0n) is 23.0. The number of hydrogen-bond acceptors (Lipinski definition) is 4. The van der Waals surface area contributed by atoms with Crippen molar-refractivity contribution < 1.29 is 13.2 Å². The molecule has 1 aliphatic rings. The van der Waals surface area contributed by atoms with E-state index >= 15 is 0 Å². The molecule has 0 saturated carbocycles. The largest absolute Gasteiger partial charge is 0.335 e. The van der Waals surface area contributed by atoms with Gasteiger partial charge in [0.2, 0.25) is 0 Å². The van der Waals surface area contributed by atoms with Crippen LogP contribution in [0.25, 0.3) is 16.3 Å². The van der Waals surface area contributed by atoms with Gasteiger partial charge in [-0.2, -0.15) is 0 Å². The van der Waals surface area contributed by atoms with Crippen LogP contribution in [0.15, 0.2) is 120 Å². The van der Waals surface area contributed by atoms with Gasteiger partial charge in [0.15, 0.2) is 0 Å². The SMILES string of the molecule is O=C(c1cc(S(=O)(=O)N(Cc2ccccc2)c2ccc(Cl)cc2)ccc1Cl)N1CC=C(c2cncc3ccccc23)CC1. The molecule has 43 heavy (non-hydrogen) atoms. The summed E-state index contributed by atoms with van der Waals surface area (Å²) in [7, 11) is -4.09. The van der Waals surface area contributed by atoms with Crippen LogP contribution in [0, 0.1) is 0 Å². The Morgan fingerprint density at radius 3 is 2.37 bits per heavy atom. The molecule has 9 heteroatoms. The summed E-state index contributed by atoms with van der Waals surface area (Å²) in [6.45, 7) is 0.932. The first-order valence-electron chi connectivity index (χ1n) is 13.7. The molecule has 4 aromatic carbocycles. The number of benzene rings is 4. The first-order chi connectivity index (χ1) is 20.8. The van der Waals surface area contributed by atoms with Crippen LogP contribution in [0.2, 0.25) is 10.0 Å². The van der Waals surface area contributed by atoms with E-state index in [1.165, 1.54) is 22.5 Å². The second-order valence-corrected chi connectivity index (χ2v) is 13.0. The van der Waals surface area contributed by atoms with Crippen molar-refractivity contribution in [1.29, 1.82) is 0 Å². The maximum Gasteiger partial charge on any atom is 0.264 e. The molecule has 2 heterocycles. The average Bonchev–Trinajstić information content (AvgIpc) is 3.04. The maximum absolute atomic E-state index is 14.1. The molecule has 1 aromatic heterocycles. The number of pyridine rings is 1. The fraction of sp³-hybridized carbons (Fsp3) is 0.118. The van der Waals surface area contributed by atoms with Gasteiger partial charge < -0.3 is 4.90 Å². The Balaban J connectivity index is 1.29. The van der Waals surface area contributed by atoms with Crippen LogP contribution in [-0.4, -0.2) is 37.3 Å². The van der Waals surface area contributed by atoms with Crippen molar-refractivity contribution in [2.45, 2.75) is 17.9 Å². The van der Waals surface area contributed by atoms with Crippen LogP contribution in [-0.2, 0) is 16.6 Å². The van der Waals surface area contributed by atoms with E-state index in [0.717, 1.165) is 27.5 Å². The van der Waals surface area contributed by atoms with E-state index in [1.54, 1.807) is 29.2 Å². The standard InChI is InChI=1S/C34H27Cl2N3O3S/c35-27-10-12-28(13-11-27)39(23-24-6-2-1-3-7-24)43(41,42)29-14-15-33(36)31(20-29)34(40)38-18-16-25(17-19-38)32-22-37-21-26-8-4-5-9-30(26)32/h1-16,20-22H,17-19,23H2. The highest BCUT2D eigenvalue weighted by molar-refractivity contribution is 7.92. The van der Waals surface area contributed by atoms with Crippen LogP contribution in [0.4, 0.5) is 5.69 Å². The lowest BCUT2D eigenvalue weighted by atomic mass is 9.96. The number of rotatable bonds is 7. The van der Waals surface area contributed by atoms with E-state index in [2.05, 4.69) is 11.1 Å². The molecule has 0 unspecified atom stereocenters. The first kappa shape index (κ1) is 28.9. The molecule has 0 saturated heterocycles. The lowest BCUT2D eigenvalue weighted by Gasteiger charge is -2.28. The molecular weight excluding hydrogens is 601 g/mol. The topological polar surface area (TPSA) is 70.6 Å². The van der Waals surface area contributed by atoms with E-state index in [4.69, 9.17) is 23.2 Å². The number of anilines is 1. The van der Waals surface area contributed by atoms with Crippen molar-refractivity contribution in [1.82, 2.24) is 9.88 Å². The third-order valence-electron chi connectivity index (χ3n) is 7.55. The quantitative estimate of drug-likeness (QED) is 0.184. The Labute approximate surface area is 260 Å². The molecule has 0 bridgehead atoms. The van der Waals surface area contributed by atoms with Gasteiger partial charge in [-0.05, 0) is 65.4 Å². The summed E-state index contributed by atoms with van der Waals surface area (Å²) >= 11 is 12.6. The fourth-order valence-corrected chi connectivity index (χ4v) is 7.07. The fourth-order valence-electron chi connectivity index (χ4n) is 5.27. The molecule has 5 aromatic rings. The van der Waals surface area contributed by atoms with Gasteiger partial charge in [0.25, 0.3) is 15.9 Å². The maximum atomic E-state index is 14.1. The van der Waals surface area contributed by atoms with Gasteiger partial charge in [-0.1, -0.05) is 83.9 Å². The number of amides is 1. The smallest absolute Gasteiger partial charge is 0.264 e. The van der Waals surface area contributed by atoms with Gasteiger partial charge in [-0.3, -0.25) is 14.1 Å². The Bertz CT molecular complexity index is 1940. The minimum atomic E-state index is -4.09. The summed E-state index contributed by atoms with van der Waals surface area (Å²) in [6, 6.07) is 28.3. The second kappa shape index (κ2) is 12.2. The zero-order valence-corrected chi connectivity index (χ0v) is 25.4. The summed E-state index contributed by atoms with van der Waals surface area (Å²) in [5.74, 6) is -0.325. The Hall–Kier alpha value is -4.17. The van der Waals surface area contributed by atoms with E-state index in [9.17, 15) is 13.2 Å². The Morgan fingerprint density at radius 1 is 0.884 bits per heavy atom. The Kier molecular flexibility index (Phi) is 8.21. The molecule has 6 nitrogen and oxygen atoms in total. The van der Waals surface area contributed by atoms with Gasteiger partial charge in [-0.15, -0.1) is 0 Å². The molecule has 1 amide bonds. The predicted octanol–water partition coefficient (Wildman–Crippen LogP) is 7.87. The van der Waals surface area contributed by atoms with E-state index in [0.29, 0.717) is 30.2 Å². The van der Waals surface area contributed by atoms with Gasteiger partial charge >= 0.3 is 0 Å². The molecular formula is C34H27Cl2N3O3S. The van der Waals surface area contributed by atoms with Crippen LogP contribution in [0.1, 0.15) is 27.9 Å². The van der Waals surface area contributed by atoms with Crippen LogP contribution < -0.4 is 4.31 Å². The van der Waals surface area contributed by atoms with Gasteiger partial charge in [0.05, 0.1) is 27.7 Å². The number of carbonyl (C=O) groups excluding carboxylic acids is 1. The van der Waals surface area contributed by atoms with E-state index in [-0.39, 0.29) is 27.9 Å². The van der Waals surface area contributed by atoms with Gasteiger partial charge in [0.1, 0.15) is 0 Å². The number of halogens is 2. The highest BCUT2D eigenvalue weighted by Gasteiger charge is 2.29. The number of sulfonamides is 1. The zero-order chi connectivity index (χ0) is 30.0. The monoisotopic (exact) mass is 627 g/mol. The van der Waals surface area contributed by atoms with Crippen LogP contribution in [0.5, 0.6) is 0 Å². The van der Waals surface area contributed by atoms with E-state index in [1.807, 2.05) is 67.0 Å². The van der Waals surface area contributed by atoms with E-state index < -0.39 is 10.0 Å². The molecule has 0 radical (unpaired) electrons. The number of nitrogens with zero attached hydrogens (tertiary/aromatic N) is 3. The lowest BCUT2D eigenvalue weighted by Crippen LogP contribution is -2.35. The number of hydrogen-bond donors (Lipinski definition) is 0. The minimum absolute atomic E-state index is 0.0267. The number of carbonyl (C=O) groups is 1. The first-order valence-corrected chi connectivity index (χ1v) is 15.9. The normalized spacial score (nSPS) is 13.5. The molecule has 6 rings (SSSR count). The molecule has 1 aliphatic heterocycles. The van der Waals surface area contributed by atoms with Crippen molar-refractivity contribution in [2.75, 3.05) is 17.4 Å². The lowest BCUT2D eigenvalue weighted by molar-refractivity contribution is 0.0773. The summed E-state index contributed by atoms with van der Waals surface area (Å²) < 4.78 is 29.5. The molecule has 0 atom stereocenters. The van der Waals surface area contributed by atoms with Crippen molar-refractivity contribution >= 4 is 61.2 Å². The third kappa shape index (κ3) is 6.02. The third-order valence-corrected chi connectivity index (χ3v) is 9.90. The molecule has 0 N–H and O–H groups in total. The van der Waals surface area contributed by atoms with Gasteiger partial charge in [-0.25, -0.2) is 8.42 Å². The molecule has 0 spiro atoms. The molecule has 216 valence electrons. The highest BCUT2D eigenvalue weighted by Crippen LogP contribution is 2.32. The average molecular weight is 629 g/mol. The van der Waals surface area contributed by atoms with Crippen molar-refractivity contribution in [2.24, 2.45) is 0 Å². The van der Waals surface area contributed by atoms with Crippen molar-refractivity contribution in [3.63, 3.8) is 0 Å². The van der Waals surface area contributed by atoms with Crippen LogP contribution >= 0.6 is 23.2 Å². The highest BCUT2D eigenvalue weighted by atomic mass is 35.5. The second-order valence-electron chi connectivity index (χ2n) is 10.3. The summed E-state index contributed by atoms with van der Waals surface area (Å²) in [5.41, 5.74) is 3.57. The minimum Gasteiger partial charge on any atom is -0.335 e. The molecule has 0 aliphatic carbocycles.